The van der Waals surface area contributed by atoms with Crippen molar-refractivity contribution in [2.24, 2.45) is 5.92 Å². The van der Waals surface area contributed by atoms with Gasteiger partial charge in [-0.25, -0.2) is 0 Å². The minimum absolute atomic E-state index is 0.136. The van der Waals surface area contributed by atoms with E-state index in [2.05, 4.69) is 12.2 Å². The van der Waals surface area contributed by atoms with E-state index >= 15 is 0 Å². The molecule has 0 aliphatic heterocycles. The van der Waals surface area contributed by atoms with Crippen molar-refractivity contribution >= 4 is 35.0 Å². The number of alkyl halides is 1. The Bertz CT molecular complexity index is 891. The monoisotopic (exact) mass is 474 g/mol. The molecule has 1 atom stereocenters. The molecule has 2 aromatic carbocycles. The van der Waals surface area contributed by atoms with Crippen molar-refractivity contribution in [1.29, 1.82) is 0 Å². The number of nitrogens with zero attached hydrogens (tertiary/aromatic N) is 1. The molecule has 1 aliphatic rings. The molecular formula is C26H32Cl2N2O2. The average molecular weight is 475 g/mol. The van der Waals surface area contributed by atoms with Crippen LogP contribution >= 0.6 is 23.2 Å². The number of amides is 2. The van der Waals surface area contributed by atoms with Crippen LogP contribution in [0.25, 0.3) is 0 Å². The SMILES string of the molecule is Cc1ccc([C@H](C(=O)NC2CCC(C)CC2)N(CCc2ccc(Cl)cc2)C(=O)CCl)cc1. The number of halogens is 2. The summed E-state index contributed by atoms with van der Waals surface area (Å²) in [6, 6.07) is 14.8. The third kappa shape index (κ3) is 6.73. The molecule has 4 nitrogen and oxygen atoms in total. The van der Waals surface area contributed by atoms with E-state index in [0.29, 0.717) is 23.9 Å². The van der Waals surface area contributed by atoms with E-state index in [1.165, 1.54) is 0 Å². The predicted octanol–water partition coefficient (Wildman–Crippen LogP) is 5.69. The van der Waals surface area contributed by atoms with E-state index in [4.69, 9.17) is 23.2 Å². The molecule has 0 unspecified atom stereocenters. The van der Waals surface area contributed by atoms with E-state index < -0.39 is 6.04 Å². The molecule has 0 bridgehead atoms. The fourth-order valence-electron chi connectivity index (χ4n) is 4.28. The Labute approximate surface area is 201 Å². The molecule has 0 saturated heterocycles. The van der Waals surface area contributed by atoms with Crippen molar-refractivity contribution in [2.45, 2.75) is 58.0 Å². The van der Waals surface area contributed by atoms with Gasteiger partial charge in [-0.3, -0.25) is 9.59 Å². The maximum absolute atomic E-state index is 13.5. The van der Waals surface area contributed by atoms with Gasteiger partial charge in [-0.05, 0) is 68.2 Å². The molecule has 1 saturated carbocycles. The normalized spacial score (nSPS) is 19.2. The summed E-state index contributed by atoms with van der Waals surface area (Å²) in [4.78, 5) is 28.1. The van der Waals surface area contributed by atoms with Gasteiger partial charge >= 0.3 is 0 Å². The van der Waals surface area contributed by atoms with Crippen molar-refractivity contribution in [3.8, 4) is 0 Å². The van der Waals surface area contributed by atoms with Crippen LogP contribution < -0.4 is 5.32 Å². The second-order valence-corrected chi connectivity index (χ2v) is 9.58. The Kier molecular flexibility index (Phi) is 9.01. The standard InChI is InChI=1S/C26H32Cl2N2O2/c1-18-3-9-21(10-4-18)25(26(32)29-23-13-5-19(2)6-14-23)30(24(31)17-27)16-15-20-7-11-22(28)12-8-20/h3-4,7-12,19,23,25H,5-6,13-17H2,1-2H3,(H,29,32)/t19?,23?,25-/m1/s1. The number of nitrogens with one attached hydrogen (secondary N) is 1. The molecule has 172 valence electrons. The second kappa shape index (κ2) is 11.7. The lowest BCUT2D eigenvalue weighted by Gasteiger charge is -2.34. The van der Waals surface area contributed by atoms with E-state index in [0.717, 1.165) is 42.4 Å². The Morgan fingerprint density at radius 3 is 2.25 bits per heavy atom. The van der Waals surface area contributed by atoms with Crippen LogP contribution in [0.3, 0.4) is 0 Å². The van der Waals surface area contributed by atoms with Crippen LogP contribution in [-0.4, -0.2) is 35.2 Å². The number of carbonyl (C=O) groups excluding carboxylic acids is 2. The van der Waals surface area contributed by atoms with Gasteiger partial charge < -0.3 is 10.2 Å². The smallest absolute Gasteiger partial charge is 0.247 e. The van der Waals surface area contributed by atoms with Crippen LogP contribution in [0.5, 0.6) is 0 Å². The first-order chi connectivity index (χ1) is 15.4. The van der Waals surface area contributed by atoms with Gasteiger partial charge in [0.2, 0.25) is 11.8 Å². The summed E-state index contributed by atoms with van der Waals surface area (Å²) in [5, 5.41) is 3.89. The minimum atomic E-state index is -0.714. The van der Waals surface area contributed by atoms with Gasteiger partial charge in [-0.1, -0.05) is 60.5 Å². The summed E-state index contributed by atoms with van der Waals surface area (Å²) in [6.07, 6.45) is 4.78. The van der Waals surface area contributed by atoms with Gasteiger partial charge in [-0.15, -0.1) is 11.6 Å². The zero-order valence-electron chi connectivity index (χ0n) is 18.8. The van der Waals surface area contributed by atoms with Gasteiger partial charge in [0.05, 0.1) is 0 Å². The van der Waals surface area contributed by atoms with Crippen molar-refractivity contribution in [1.82, 2.24) is 10.2 Å². The van der Waals surface area contributed by atoms with Crippen LogP contribution in [0.2, 0.25) is 5.02 Å². The molecule has 1 fully saturated rings. The maximum atomic E-state index is 13.5. The summed E-state index contributed by atoms with van der Waals surface area (Å²) in [5.74, 6) is 0.142. The molecule has 1 N–H and O–H groups in total. The molecule has 2 aromatic rings. The van der Waals surface area contributed by atoms with Crippen LogP contribution in [0.4, 0.5) is 0 Å². The average Bonchev–Trinajstić information content (AvgIpc) is 2.79. The maximum Gasteiger partial charge on any atom is 0.247 e. The van der Waals surface area contributed by atoms with Gasteiger partial charge in [0.1, 0.15) is 11.9 Å². The molecule has 0 spiro atoms. The Morgan fingerprint density at radius 2 is 1.66 bits per heavy atom. The van der Waals surface area contributed by atoms with Crippen molar-refractivity contribution in [3.63, 3.8) is 0 Å². The number of benzene rings is 2. The zero-order chi connectivity index (χ0) is 23.1. The molecule has 3 rings (SSSR count). The van der Waals surface area contributed by atoms with Crippen LogP contribution in [0.1, 0.15) is 55.3 Å². The molecule has 0 radical (unpaired) electrons. The number of carbonyl (C=O) groups is 2. The predicted molar refractivity (Wildman–Crippen MR) is 131 cm³/mol. The van der Waals surface area contributed by atoms with Crippen LogP contribution in [0.15, 0.2) is 48.5 Å². The van der Waals surface area contributed by atoms with Gasteiger partial charge in [0, 0.05) is 17.6 Å². The highest BCUT2D eigenvalue weighted by Crippen LogP contribution is 2.27. The Morgan fingerprint density at radius 1 is 1.03 bits per heavy atom. The topological polar surface area (TPSA) is 49.4 Å². The van der Waals surface area contributed by atoms with E-state index in [1.54, 1.807) is 4.90 Å². The van der Waals surface area contributed by atoms with Gasteiger partial charge in [0.25, 0.3) is 0 Å². The first-order valence-corrected chi connectivity index (χ1v) is 12.3. The molecular weight excluding hydrogens is 443 g/mol. The number of hydrogen-bond donors (Lipinski definition) is 1. The highest BCUT2D eigenvalue weighted by molar-refractivity contribution is 6.30. The molecule has 1 aliphatic carbocycles. The fraction of sp³-hybridized carbons (Fsp3) is 0.462. The van der Waals surface area contributed by atoms with E-state index in [9.17, 15) is 9.59 Å². The quantitative estimate of drug-likeness (QED) is 0.499. The lowest BCUT2D eigenvalue weighted by atomic mass is 9.87. The third-order valence-electron chi connectivity index (χ3n) is 6.30. The van der Waals surface area contributed by atoms with Crippen LogP contribution in [0, 0.1) is 12.8 Å². The van der Waals surface area contributed by atoms with E-state index in [-0.39, 0.29) is 23.7 Å². The number of aryl methyl sites for hydroxylation is 1. The molecule has 32 heavy (non-hydrogen) atoms. The molecule has 0 aromatic heterocycles. The molecule has 6 heteroatoms. The minimum Gasteiger partial charge on any atom is -0.351 e. The summed E-state index contributed by atoms with van der Waals surface area (Å²) >= 11 is 12.0. The number of rotatable bonds is 8. The van der Waals surface area contributed by atoms with Gasteiger partial charge in [-0.2, -0.15) is 0 Å². The van der Waals surface area contributed by atoms with Gasteiger partial charge in [0.15, 0.2) is 0 Å². The highest BCUT2D eigenvalue weighted by atomic mass is 35.5. The van der Waals surface area contributed by atoms with Crippen LogP contribution in [-0.2, 0) is 16.0 Å². The molecule has 2 amide bonds. The first-order valence-electron chi connectivity index (χ1n) is 11.3. The summed E-state index contributed by atoms with van der Waals surface area (Å²) in [7, 11) is 0. The Hall–Kier alpha value is -2.04. The second-order valence-electron chi connectivity index (χ2n) is 8.88. The summed E-state index contributed by atoms with van der Waals surface area (Å²) in [5.41, 5.74) is 2.95. The van der Waals surface area contributed by atoms with Crippen molar-refractivity contribution in [3.05, 3.63) is 70.2 Å². The third-order valence-corrected chi connectivity index (χ3v) is 6.79. The van der Waals surface area contributed by atoms with Crippen molar-refractivity contribution < 1.29 is 9.59 Å². The number of hydrogen-bond acceptors (Lipinski definition) is 2. The molecule has 0 heterocycles. The fourth-order valence-corrected chi connectivity index (χ4v) is 4.56. The first kappa shape index (κ1) is 24.6. The lowest BCUT2D eigenvalue weighted by molar-refractivity contribution is -0.139. The van der Waals surface area contributed by atoms with E-state index in [1.807, 2.05) is 55.5 Å². The highest BCUT2D eigenvalue weighted by Gasteiger charge is 2.32. The zero-order valence-corrected chi connectivity index (χ0v) is 20.3. The lowest BCUT2D eigenvalue weighted by Crippen LogP contribution is -2.48. The Balaban J connectivity index is 1.84. The van der Waals surface area contributed by atoms with Crippen molar-refractivity contribution in [2.75, 3.05) is 12.4 Å². The summed E-state index contributed by atoms with van der Waals surface area (Å²) < 4.78 is 0. The largest absolute Gasteiger partial charge is 0.351 e. The summed E-state index contributed by atoms with van der Waals surface area (Å²) in [6.45, 7) is 4.65.